The van der Waals surface area contributed by atoms with Gasteiger partial charge in [-0.2, -0.15) is 0 Å². The van der Waals surface area contributed by atoms with E-state index in [0.29, 0.717) is 0 Å². The van der Waals surface area contributed by atoms with Gasteiger partial charge in [-0.3, -0.25) is 4.79 Å². The number of hydrogen-bond donors (Lipinski definition) is 2. The Balaban J connectivity index is 2.24. The van der Waals surface area contributed by atoms with E-state index in [4.69, 9.17) is 0 Å². The highest BCUT2D eigenvalue weighted by Gasteiger charge is 2.13. The molecular weight excluding hydrogens is 278 g/mol. The van der Waals surface area contributed by atoms with Gasteiger partial charge in [0.05, 0.1) is 0 Å². The van der Waals surface area contributed by atoms with Gasteiger partial charge in [0.25, 0.3) is 5.91 Å². The predicted octanol–water partition coefficient (Wildman–Crippen LogP) is 2.64. The van der Waals surface area contributed by atoms with E-state index in [9.17, 15) is 13.6 Å². The summed E-state index contributed by atoms with van der Waals surface area (Å²) in [5.41, 5.74) is -0.253. The lowest BCUT2D eigenvalue weighted by atomic mass is 10.3. The number of nitrogens with zero attached hydrogens (tertiary/aromatic N) is 2. The molecule has 0 saturated heterocycles. The zero-order valence-electron chi connectivity index (χ0n) is 11.5. The van der Waals surface area contributed by atoms with Crippen molar-refractivity contribution in [2.75, 3.05) is 5.32 Å². The third-order valence-electron chi connectivity index (χ3n) is 2.51. The van der Waals surface area contributed by atoms with Crippen LogP contribution in [0.3, 0.4) is 0 Å². The minimum Gasteiger partial charge on any atom is -0.349 e. The SMILES string of the molecule is CC(C)NC(=O)c1ccnc(Nc2c(F)cccc2F)n1. The Morgan fingerprint density at radius 1 is 1.19 bits per heavy atom. The molecule has 1 aromatic carbocycles. The van der Waals surface area contributed by atoms with Crippen LogP contribution in [0.5, 0.6) is 0 Å². The number of benzene rings is 1. The summed E-state index contributed by atoms with van der Waals surface area (Å²) < 4.78 is 27.1. The molecule has 110 valence electrons. The predicted molar refractivity (Wildman–Crippen MR) is 74.3 cm³/mol. The first-order valence-electron chi connectivity index (χ1n) is 6.32. The minimum atomic E-state index is -0.768. The molecule has 0 fully saturated rings. The minimum absolute atomic E-state index is 0.0483. The molecule has 0 radical (unpaired) electrons. The fourth-order valence-corrected chi connectivity index (χ4v) is 1.61. The Kier molecular flexibility index (Phi) is 4.42. The molecule has 2 N–H and O–H groups in total. The lowest BCUT2D eigenvalue weighted by molar-refractivity contribution is 0.0938. The Hall–Kier alpha value is -2.57. The van der Waals surface area contributed by atoms with Crippen LogP contribution in [0.15, 0.2) is 30.5 Å². The van der Waals surface area contributed by atoms with Gasteiger partial charge >= 0.3 is 0 Å². The Morgan fingerprint density at radius 3 is 2.48 bits per heavy atom. The highest BCUT2D eigenvalue weighted by atomic mass is 19.1. The number of nitrogens with one attached hydrogen (secondary N) is 2. The average molecular weight is 292 g/mol. The first kappa shape index (κ1) is 14.8. The van der Waals surface area contributed by atoms with Crippen molar-refractivity contribution in [1.29, 1.82) is 0 Å². The van der Waals surface area contributed by atoms with Crippen LogP contribution in [0, 0.1) is 11.6 Å². The number of para-hydroxylation sites is 1. The van der Waals surface area contributed by atoms with E-state index in [-0.39, 0.29) is 29.3 Å². The number of amides is 1. The number of carbonyl (C=O) groups excluding carboxylic acids is 1. The first-order valence-corrected chi connectivity index (χ1v) is 6.32. The van der Waals surface area contributed by atoms with Gasteiger partial charge in [-0.1, -0.05) is 6.07 Å². The zero-order chi connectivity index (χ0) is 15.4. The van der Waals surface area contributed by atoms with Gasteiger partial charge in [0.2, 0.25) is 5.95 Å². The lowest BCUT2D eigenvalue weighted by Crippen LogP contribution is -2.30. The van der Waals surface area contributed by atoms with Crippen LogP contribution in [0.1, 0.15) is 24.3 Å². The maximum Gasteiger partial charge on any atom is 0.270 e. The topological polar surface area (TPSA) is 66.9 Å². The molecule has 0 aliphatic rings. The Morgan fingerprint density at radius 2 is 1.86 bits per heavy atom. The summed E-state index contributed by atoms with van der Waals surface area (Å²) in [4.78, 5) is 19.6. The van der Waals surface area contributed by atoms with Crippen LogP contribution in [-0.2, 0) is 0 Å². The summed E-state index contributed by atoms with van der Waals surface area (Å²) in [5.74, 6) is -1.98. The summed E-state index contributed by atoms with van der Waals surface area (Å²) in [6.07, 6.45) is 1.34. The first-order chi connectivity index (χ1) is 9.97. The number of hydrogen-bond acceptors (Lipinski definition) is 4. The van der Waals surface area contributed by atoms with E-state index in [2.05, 4.69) is 20.6 Å². The largest absolute Gasteiger partial charge is 0.349 e. The summed E-state index contributed by atoms with van der Waals surface area (Å²) in [5, 5.41) is 5.10. The number of carbonyl (C=O) groups is 1. The molecule has 5 nitrogen and oxygen atoms in total. The standard InChI is InChI=1S/C14H14F2N4O/c1-8(2)18-13(21)11-6-7-17-14(19-11)20-12-9(15)4-3-5-10(12)16/h3-8H,1-2H3,(H,18,21)(H,17,19,20). The number of halogens is 2. The maximum atomic E-state index is 13.5. The Labute approximate surface area is 120 Å². The van der Waals surface area contributed by atoms with Crippen molar-refractivity contribution >= 4 is 17.5 Å². The highest BCUT2D eigenvalue weighted by molar-refractivity contribution is 5.92. The maximum absolute atomic E-state index is 13.5. The van der Waals surface area contributed by atoms with Crippen molar-refractivity contribution in [3.05, 3.63) is 47.8 Å². The fourth-order valence-electron chi connectivity index (χ4n) is 1.61. The van der Waals surface area contributed by atoms with E-state index < -0.39 is 11.6 Å². The van der Waals surface area contributed by atoms with Gasteiger partial charge in [0.15, 0.2) is 0 Å². The van der Waals surface area contributed by atoms with E-state index in [0.717, 1.165) is 12.1 Å². The smallest absolute Gasteiger partial charge is 0.270 e. The molecule has 0 spiro atoms. The van der Waals surface area contributed by atoms with Gasteiger partial charge < -0.3 is 10.6 Å². The van der Waals surface area contributed by atoms with Gasteiger partial charge in [0.1, 0.15) is 23.0 Å². The fraction of sp³-hybridized carbons (Fsp3) is 0.214. The zero-order valence-corrected chi connectivity index (χ0v) is 11.5. The third-order valence-corrected chi connectivity index (χ3v) is 2.51. The molecule has 0 aliphatic carbocycles. The summed E-state index contributed by atoms with van der Waals surface area (Å²) in [7, 11) is 0. The lowest BCUT2D eigenvalue weighted by Gasteiger charge is -2.10. The van der Waals surface area contributed by atoms with Crippen LogP contribution in [0.2, 0.25) is 0 Å². The normalized spacial score (nSPS) is 10.5. The molecule has 1 heterocycles. The molecule has 0 atom stereocenters. The monoisotopic (exact) mass is 292 g/mol. The third kappa shape index (κ3) is 3.71. The average Bonchev–Trinajstić information content (AvgIpc) is 2.43. The molecular formula is C14H14F2N4O. The molecule has 2 rings (SSSR count). The summed E-state index contributed by atoms with van der Waals surface area (Å²) in [6.45, 7) is 3.62. The quantitative estimate of drug-likeness (QED) is 0.909. The van der Waals surface area contributed by atoms with Gasteiger partial charge in [0, 0.05) is 12.2 Å². The second kappa shape index (κ2) is 6.25. The number of anilines is 2. The second-order valence-corrected chi connectivity index (χ2v) is 4.62. The molecule has 1 aromatic heterocycles. The van der Waals surface area contributed by atoms with Crippen molar-refractivity contribution in [2.45, 2.75) is 19.9 Å². The molecule has 2 aromatic rings. The molecule has 1 amide bonds. The van der Waals surface area contributed by atoms with Crippen LogP contribution >= 0.6 is 0 Å². The van der Waals surface area contributed by atoms with Crippen molar-refractivity contribution in [3.8, 4) is 0 Å². The second-order valence-electron chi connectivity index (χ2n) is 4.62. The summed E-state index contributed by atoms with van der Waals surface area (Å²) >= 11 is 0. The molecule has 0 bridgehead atoms. The Bertz CT molecular complexity index is 641. The van der Waals surface area contributed by atoms with Crippen LogP contribution in [0.25, 0.3) is 0 Å². The molecule has 0 saturated carbocycles. The number of rotatable bonds is 4. The van der Waals surface area contributed by atoms with E-state index >= 15 is 0 Å². The van der Waals surface area contributed by atoms with E-state index in [1.54, 1.807) is 0 Å². The molecule has 0 aliphatic heterocycles. The highest BCUT2D eigenvalue weighted by Crippen LogP contribution is 2.21. The van der Waals surface area contributed by atoms with Crippen LogP contribution < -0.4 is 10.6 Å². The van der Waals surface area contributed by atoms with Crippen LogP contribution in [-0.4, -0.2) is 21.9 Å². The van der Waals surface area contributed by atoms with E-state index in [1.165, 1.54) is 18.3 Å². The number of aromatic nitrogens is 2. The van der Waals surface area contributed by atoms with Gasteiger partial charge in [-0.25, -0.2) is 18.7 Å². The van der Waals surface area contributed by atoms with Crippen molar-refractivity contribution in [1.82, 2.24) is 15.3 Å². The van der Waals surface area contributed by atoms with Gasteiger partial charge in [-0.05, 0) is 32.0 Å². The van der Waals surface area contributed by atoms with E-state index in [1.807, 2.05) is 13.8 Å². The van der Waals surface area contributed by atoms with Gasteiger partial charge in [-0.15, -0.1) is 0 Å². The molecule has 0 unspecified atom stereocenters. The van der Waals surface area contributed by atoms with Crippen molar-refractivity contribution in [3.63, 3.8) is 0 Å². The summed E-state index contributed by atoms with van der Waals surface area (Å²) in [6, 6.07) is 4.85. The van der Waals surface area contributed by atoms with Crippen molar-refractivity contribution < 1.29 is 13.6 Å². The van der Waals surface area contributed by atoms with Crippen molar-refractivity contribution in [2.24, 2.45) is 0 Å². The molecule has 7 heteroatoms. The van der Waals surface area contributed by atoms with Crippen LogP contribution in [0.4, 0.5) is 20.4 Å². The molecule has 21 heavy (non-hydrogen) atoms.